The Bertz CT molecular complexity index is 1390. The highest BCUT2D eigenvalue weighted by Crippen LogP contribution is 2.52. The molecule has 0 bridgehead atoms. The van der Waals surface area contributed by atoms with Gasteiger partial charge in [-0.2, -0.15) is 0 Å². The molecule has 0 amide bonds. The summed E-state index contributed by atoms with van der Waals surface area (Å²) in [5, 5.41) is 20.5. The highest BCUT2D eigenvalue weighted by Gasteiger charge is 2.20. The largest absolute Gasteiger partial charge is 0.507 e. The van der Waals surface area contributed by atoms with Gasteiger partial charge in [0.25, 0.3) is 0 Å². The van der Waals surface area contributed by atoms with Gasteiger partial charge in [-0.3, -0.25) is 9.98 Å². The summed E-state index contributed by atoms with van der Waals surface area (Å²) in [6, 6.07) is 34.4. The summed E-state index contributed by atoms with van der Waals surface area (Å²) in [7, 11) is 0. The van der Waals surface area contributed by atoms with Crippen LogP contribution in [0.15, 0.2) is 119 Å². The molecule has 0 radical (unpaired) electrons. The quantitative estimate of drug-likeness (QED) is 0.245. The maximum atomic E-state index is 10.3. The van der Waals surface area contributed by atoms with Gasteiger partial charge in [0.1, 0.15) is 22.9 Å². The standard InChI is InChI=1S/C30H22N2O2S/c33-25-17-9-7-15-23(25)19-31-27-28(32-20-24-16-8-10-18-26(24)34)30(22-13-5-2-6-14-22)35-29(27)21-11-3-1-4-12-21/h1-20,33-34H. The zero-order valence-electron chi connectivity index (χ0n) is 18.7. The number of thiophene rings is 1. The molecule has 0 fully saturated rings. The zero-order chi connectivity index (χ0) is 24.0. The van der Waals surface area contributed by atoms with E-state index in [1.807, 2.05) is 60.7 Å². The van der Waals surface area contributed by atoms with Gasteiger partial charge in [0.15, 0.2) is 0 Å². The molecule has 170 valence electrons. The number of phenols is 2. The van der Waals surface area contributed by atoms with Crippen LogP contribution in [0.1, 0.15) is 11.1 Å². The van der Waals surface area contributed by atoms with Crippen molar-refractivity contribution in [3.05, 3.63) is 120 Å². The highest BCUT2D eigenvalue weighted by atomic mass is 32.1. The molecule has 2 N–H and O–H groups in total. The van der Waals surface area contributed by atoms with Crippen molar-refractivity contribution in [2.75, 3.05) is 0 Å². The van der Waals surface area contributed by atoms with Gasteiger partial charge in [0.05, 0.1) is 9.75 Å². The van der Waals surface area contributed by atoms with E-state index in [4.69, 9.17) is 9.98 Å². The molecule has 5 aromatic rings. The average molecular weight is 475 g/mol. The average Bonchev–Trinajstić information content (AvgIpc) is 3.27. The second-order valence-corrected chi connectivity index (χ2v) is 8.84. The van der Waals surface area contributed by atoms with Crippen LogP contribution in [0.3, 0.4) is 0 Å². The van der Waals surface area contributed by atoms with E-state index >= 15 is 0 Å². The fourth-order valence-electron chi connectivity index (χ4n) is 3.69. The molecule has 4 nitrogen and oxygen atoms in total. The molecule has 0 aliphatic rings. The van der Waals surface area contributed by atoms with Gasteiger partial charge in [-0.25, -0.2) is 0 Å². The summed E-state index contributed by atoms with van der Waals surface area (Å²) < 4.78 is 0. The van der Waals surface area contributed by atoms with Crippen molar-refractivity contribution in [3.63, 3.8) is 0 Å². The Kier molecular flexibility index (Phi) is 6.50. The van der Waals surface area contributed by atoms with Crippen molar-refractivity contribution in [1.29, 1.82) is 0 Å². The second kappa shape index (κ2) is 10.2. The summed E-state index contributed by atoms with van der Waals surface area (Å²) >= 11 is 1.62. The fraction of sp³-hybridized carbons (Fsp3) is 0. The molecule has 35 heavy (non-hydrogen) atoms. The number of hydrogen-bond acceptors (Lipinski definition) is 5. The number of nitrogens with zero attached hydrogens (tertiary/aromatic N) is 2. The molecule has 4 aromatic carbocycles. The lowest BCUT2D eigenvalue weighted by Gasteiger charge is -2.03. The van der Waals surface area contributed by atoms with Gasteiger partial charge >= 0.3 is 0 Å². The minimum atomic E-state index is 0.162. The Morgan fingerprint density at radius 1 is 0.486 bits per heavy atom. The summed E-state index contributed by atoms with van der Waals surface area (Å²) in [4.78, 5) is 11.6. The van der Waals surface area contributed by atoms with E-state index in [9.17, 15) is 10.2 Å². The van der Waals surface area contributed by atoms with Crippen molar-refractivity contribution >= 4 is 35.1 Å². The normalized spacial score (nSPS) is 11.4. The molecule has 0 saturated carbocycles. The Labute approximate surface area is 207 Å². The minimum Gasteiger partial charge on any atom is -0.507 e. The third kappa shape index (κ3) is 4.90. The lowest BCUT2D eigenvalue weighted by Crippen LogP contribution is -1.83. The first-order valence-electron chi connectivity index (χ1n) is 11.1. The van der Waals surface area contributed by atoms with E-state index in [0.717, 1.165) is 20.9 Å². The third-order valence-corrected chi connectivity index (χ3v) is 6.74. The molecular formula is C30H22N2O2S. The van der Waals surface area contributed by atoms with Crippen LogP contribution < -0.4 is 0 Å². The number of para-hydroxylation sites is 2. The molecule has 0 atom stereocenters. The molecule has 0 unspecified atom stereocenters. The zero-order valence-corrected chi connectivity index (χ0v) is 19.6. The Morgan fingerprint density at radius 2 is 0.857 bits per heavy atom. The smallest absolute Gasteiger partial charge is 0.124 e. The van der Waals surface area contributed by atoms with E-state index in [1.165, 1.54) is 0 Å². The van der Waals surface area contributed by atoms with Crippen molar-refractivity contribution < 1.29 is 10.2 Å². The van der Waals surface area contributed by atoms with Crippen LogP contribution in [-0.4, -0.2) is 22.6 Å². The molecule has 0 spiro atoms. The second-order valence-electron chi connectivity index (χ2n) is 7.82. The Morgan fingerprint density at radius 3 is 1.26 bits per heavy atom. The predicted molar refractivity (Wildman–Crippen MR) is 146 cm³/mol. The maximum Gasteiger partial charge on any atom is 0.124 e. The topological polar surface area (TPSA) is 65.2 Å². The Balaban J connectivity index is 1.73. The van der Waals surface area contributed by atoms with Gasteiger partial charge in [-0.05, 0) is 35.4 Å². The molecule has 0 aliphatic carbocycles. The van der Waals surface area contributed by atoms with Crippen molar-refractivity contribution in [1.82, 2.24) is 0 Å². The maximum absolute atomic E-state index is 10.3. The van der Waals surface area contributed by atoms with Gasteiger partial charge < -0.3 is 10.2 Å². The van der Waals surface area contributed by atoms with Crippen LogP contribution in [0, 0.1) is 0 Å². The van der Waals surface area contributed by atoms with Crippen molar-refractivity contribution in [2.45, 2.75) is 0 Å². The number of hydrogen-bond donors (Lipinski definition) is 2. The molecule has 0 aliphatic heterocycles. The predicted octanol–water partition coefficient (Wildman–Crippen LogP) is 7.99. The van der Waals surface area contributed by atoms with Crippen molar-refractivity contribution in [2.24, 2.45) is 9.98 Å². The molecule has 1 heterocycles. The number of benzene rings is 4. The van der Waals surface area contributed by atoms with Crippen LogP contribution in [0.25, 0.3) is 20.9 Å². The third-order valence-electron chi connectivity index (χ3n) is 5.47. The molecular weight excluding hydrogens is 452 g/mol. The van der Waals surface area contributed by atoms with Gasteiger partial charge in [-0.15, -0.1) is 11.3 Å². The lowest BCUT2D eigenvalue weighted by molar-refractivity contribution is 0.474. The first kappa shape index (κ1) is 22.3. The number of phenolic OH excluding ortho intramolecular Hbond substituents is 2. The van der Waals surface area contributed by atoms with Crippen LogP contribution in [0.4, 0.5) is 11.4 Å². The van der Waals surface area contributed by atoms with E-state index in [1.54, 1.807) is 48.0 Å². The minimum absolute atomic E-state index is 0.162. The number of rotatable bonds is 6. The summed E-state index contributed by atoms with van der Waals surface area (Å²) in [6.07, 6.45) is 3.33. The van der Waals surface area contributed by atoms with Gasteiger partial charge in [-0.1, -0.05) is 84.9 Å². The van der Waals surface area contributed by atoms with E-state index < -0.39 is 0 Å². The van der Waals surface area contributed by atoms with Crippen molar-refractivity contribution in [3.8, 4) is 32.4 Å². The Hall–Kier alpha value is -4.48. The lowest BCUT2D eigenvalue weighted by atomic mass is 10.1. The number of aromatic hydroxyl groups is 2. The molecule has 0 saturated heterocycles. The van der Waals surface area contributed by atoms with E-state index in [2.05, 4.69) is 24.3 Å². The van der Waals surface area contributed by atoms with Crippen LogP contribution in [-0.2, 0) is 0 Å². The molecule has 1 aromatic heterocycles. The number of aliphatic imine (C=N–C) groups is 2. The summed E-state index contributed by atoms with van der Waals surface area (Å²) in [5.74, 6) is 0.325. The SMILES string of the molecule is Oc1ccccc1C=Nc1c(-c2ccccc2)sc(-c2ccccc2)c1N=Cc1ccccc1O. The van der Waals surface area contributed by atoms with E-state index in [-0.39, 0.29) is 11.5 Å². The highest BCUT2D eigenvalue weighted by molar-refractivity contribution is 7.20. The van der Waals surface area contributed by atoms with Crippen LogP contribution in [0.2, 0.25) is 0 Å². The summed E-state index contributed by atoms with van der Waals surface area (Å²) in [5.41, 5.74) is 4.71. The van der Waals surface area contributed by atoms with Gasteiger partial charge in [0.2, 0.25) is 0 Å². The fourth-order valence-corrected chi connectivity index (χ4v) is 4.89. The first-order valence-corrected chi connectivity index (χ1v) is 11.9. The monoisotopic (exact) mass is 474 g/mol. The summed E-state index contributed by atoms with van der Waals surface area (Å²) in [6.45, 7) is 0. The van der Waals surface area contributed by atoms with Crippen LogP contribution in [0.5, 0.6) is 11.5 Å². The molecule has 5 rings (SSSR count). The van der Waals surface area contributed by atoms with E-state index in [0.29, 0.717) is 22.5 Å². The van der Waals surface area contributed by atoms with Gasteiger partial charge in [0, 0.05) is 23.6 Å². The van der Waals surface area contributed by atoms with Crippen LogP contribution >= 0.6 is 11.3 Å². The first-order chi connectivity index (χ1) is 17.2. The molecule has 5 heteroatoms.